The van der Waals surface area contributed by atoms with Gasteiger partial charge in [0.25, 0.3) is 5.91 Å². The van der Waals surface area contributed by atoms with Crippen molar-refractivity contribution in [3.8, 4) is 5.75 Å². The highest BCUT2D eigenvalue weighted by atomic mass is 19.3. The number of alkyl halides is 2. The number of rotatable bonds is 5. The molecule has 1 saturated heterocycles. The lowest BCUT2D eigenvalue weighted by Crippen LogP contribution is -2.44. The number of amides is 1. The summed E-state index contributed by atoms with van der Waals surface area (Å²) in [5.41, 5.74) is 0.913. The fourth-order valence-corrected chi connectivity index (χ4v) is 2.67. The molecule has 1 aromatic heterocycles. The predicted molar refractivity (Wildman–Crippen MR) is 95.0 cm³/mol. The summed E-state index contributed by atoms with van der Waals surface area (Å²) in [5, 5.41) is 2.74. The van der Waals surface area contributed by atoms with Gasteiger partial charge in [-0.25, -0.2) is 4.98 Å². The SMILES string of the molecule is CN1CCN(c2ccc(NC(=O)c3ccc(OC(F)F)cc3)cn2)CC1. The monoisotopic (exact) mass is 362 g/mol. The average molecular weight is 362 g/mol. The number of hydrogen-bond acceptors (Lipinski definition) is 5. The number of halogens is 2. The van der Waals surface area contributed by atoms with Crippen LogP contribution in [0, 0.1) is 0 Å². The van der Waals surface area contributed by atoms with Crippen LogP contribution in [0.2, 0.25) is 0 Å². The number of aromatic nitrogens is 1. The first kappa shape index (κ1) is 18.1. The van der Waals surface area contributed by atoms with Crippen LogP contribution in [0.4, 0.5) is 20.3 Å². The van der Waals surface area contributed by atoms with E-state index in [1.165, 1.54) is 24.3 Å². The van der Waals surface area contributed by atoms with E-state index in [9.17, 15) is 13.6 Å². The minimum absolute atomic E-state index is 0.00902. The molecule has 3 rings (SSSR count). The van der Waals surface area contributed by atoms with E-state index in [4.69, 9.17) is 0 Å². The minimum atomic E-state index is -2.89. The van der Waals surface area contributed by atoms with Gasteiger partial charge in [0.15, 0.2) is 0 Å². The molecule has 2 heterocycles. The Morgan fingerprint density at radius 2 is 1.81 bits per heavy atom. The normalized spacial score (nSPS) is 15.2. The predicted octanol–water partition coefficient (Wildman–Crippen LogP) is 2.69. The molecule has 138 valence electrons. The number of pyridine rings is 1. The van der Waals surface area contributed by atoms with E-state index in [1.54, 1.807) is 12.3 Å². The Morgan fingerprint density at radius 1 is 1.12 bits per heavy atom. The van der Waals surface area contributed by atoms with Gasteiger partial charge in [-0.15, -0.1) is 0 Å². The molecule has 1 N–H and O–H groups in total. The zero-order chi connectivity index (χ0) is 18.5. The van der Waals surface area contributed by atoms with E-state index in [2.05, 4.69) is 31.9 Å². The van der Waals surface area contributed by atoms with E-state index in [0.29, 0.717) is 11.3 Å². The molecule has 1 aliphatic heterocycles. The molecule has 1 aromatic carbocycles. The molecule has 0 saturated carbocycles. The number of likely N-dealkylation sites (N-methyl/N-ethyl adjacent to an activating group) is 1. The summed E-state index contributed by atoms with van der Waals surface area (Å²) in [7, 11) is 2.09. The van der Waals surface area contributed by atoms with Crippen LogP contribution in [0.3, 0.4) is 0 Å². The van der Waals surface area contributed by atoms with Gasteiger partial charge in [0.05, 0.1) is 11.9 Å². The Labute approximate surface area is 150 Å². The molecule has 0 spiro atoms. The Balaban J connectivity index is 1.59. The van der Waals surface area contributed by atoms with Crippen molar-refractivity contribution in [1.29, 1.82) is 0 Å². The number of ether oxygens (including phenoxy) is 1. The van der Waals surface area contributed by atoms with Gasteiger partial charge in [-0.3, -0.25) is 4.79 Å². The summed E-state index contributed by atoms with van der Waals surface area (Å²) in [6.45, 7) is 0.932. The second kappa shape index (κ2) is 8.09. The molecule has 2 aromatic rings. The smallest absolute Gasteiger partial charge is 0.387 e. The molecule has 1 aliphatic rings. The highest BCUT2D eigenvalue weighted by Gasteiger charge is 2.15. The van der Waals surface area contributed by atoms with Crippen molar-refractivity contribution in [3.63, 3.8) is 0 Å². The molecule has 0 aliphatic carbocycles. The van der Waals surface area contributed by atoms with Crippen molar-refractivity contribution >= 4 is 17.4 Å². The Hall–Kier alpha value is -2.74. The number of hydrogen-bond donors (Lipinski definition) is 1. The average Bonchev–Trinajstić information content (AvgIpc) is 2.63. The molecule has 0 radical (unpaired) electrons. The van der Waals surface area contributed by atoms with Crippen LogP contribution >= 0.6 is 0 Å². The topological polar surface area (TPSA) is 57.7 Å². The summed E-state index contributed by atoms with van der Waals surface area (Å²) in [5.74, 6) is 0.544. The summed E-state index contributed by atoms with van der Waals surface area (Å²) < 4.78 is 28.5. The maximum atomic E-state index is 12.2. The Bertz CT molecular complexity index is 730. The molecule has 1 amide bonds. The van der Waals surface area contributed by atoms with Gasteiger partial charge in [-0.2, -0.15) is 8.78 Å². The second-order valence-electron chi connectivity index (χ2n) is 6.05. The van der Waals surface area contributed by atoms with Gasteiger partial charge in [0, 0.05) is 31.7 Å². The molecule has 26 heavy (non-hydrogen) atoms. The fraction of sp³-hybridized carbons (Fsp3) is 0.333. The highest BCUT2D eigenvalue weighted by molar-refractivity contribution is 6.04. The van der Waals surface area contributed by atoms with E-state index in [-0.39, 0.29) is 11.7 Å². The van der Waals surface area contributed by atoms with Gasteiger partial charge in [-0.05, 0) is 43.4 Å². The number of carbonyl (C=O) groups excluding carboxylic acids is 1. The summed E-state index contributed by atoms with van der Waals surface area (Å²) in [6, 6.07) is 9.19. The van der Waals surface area contributed by atoms with Crippen molar-refractivity contribution in [2.75, 3.05) is 43.4 Å². The lowest BCUT2D eigenvalue weighted by atomic mass is 10.2. The number of anilines is 2. The lowest BCUT2D eigenvalue weighted by Gasteiger charge is -2.33. The van der Waals surface area contributed by atoms with Gasteiger partial charge >= 0.3 is 6.61 Å². The van der Waals surface area contributed by atoms with Gasteiger partial charge in [0.1, 0.15) is 11.6 Å². The van der Waals surface area contributed by atoms with Crippen LogP contribution in [0.5, 0.6) is 5.75 Å². The van der Waals surface area contributed by atoms with Crippen LogP contribution in [0.25, 0.3) is 0 Å². The van der Waals surface area contributed by atoms with E-state index >= 15 is 0 Å². The maximum absolute atomic E-state index is 12.2. The van der Waals surface area contributed by atoms with E-state index in [1.807, 2.05) is 6.07 Å². The zero-order valence-electron chi connectivity index (χ0n) is 14.4. The molecule has 0 bridgehead atoms. The number of benzene rings is 1. The quantitative estimate of drug-likeness (QED) is 0.886. The lowest BCUT2D eigenvalue weighted by molar-refractivity contribution is -0.0498. The fourth-order valence-electron chi connectivity index (χ4n) is 2.67. The largest absolute Gasteiger partial charge is 0.435 e. The molecule has 1 fully saturated rings. The first-order valence-electron chi connectivity index (χ1n) is 8.27. The van der Waals surface area contributed by atoms with Crippen LogP contribution in [-0.2, 0) is 0 Å². The molecule has 6 nitrogen and oxygen atoms in total. The van der Waals surface area contributed by atoms with E-state index in [0.717, 1.165) is 32.0 Å². The van der Waals surface area contributed by atoms with Gasteiger partial charge in [-0.1, -0.05) is 0 Å². The Morgan fingerprint density at radius 3 is 2.38 bits per heavy atom. The second-order valence-corrected chi connectivity index (χ2v) is 6.05. The van der Waals surface area contributed by atoms with Crippen LogP contribution in [0.1, 0.15) is 10.4 Å². The summed E-state index contributed by atoms with van der Waals surface area (Å²) >= 11 is 0. The maximum Gasteiger partial charge on any atom is 0.387 e. The number of nitrogens with one attached hydrogen (secondary N) is 1. The standard InChI is InChI=1S/C18H20F2N4O2/c1-23-8-10-24(11-9-23)16-7-4-14(12-21-16)22-17(25)13-2-5-15(6-3-13)26-18(19)20/h2-7,12,18H,8-11H2,1H3,(H,22,25). The van der Waals surface area contributed by atoms with Crippen molar-refractivity contribution in [2.45, 2.75) is 6.61 Å². The third kappa shape index (κ3) is 4.66. The van der Waals surface area contributed by atoms with Gasteiger partial charge < -0.3 is 19.9 Å². The Kier molecular flexibility index (Phi) is 5.62. The van der Waals surface area contributed by atoms with Crippen molar-refractivity contribution in [1.82, 2.24) is 9.88 Å². The third-order valence-electron chi connectivity index (χ3n) is 4.17. The van der Waals surface area contributed by atoms with E-state index < -0.39 is 6.61 Å². The molecule has 0 unspecified atom stereocenters. The first-order chi connectivity index (χ1) is 12.5. The minimum Gasteiger partial charge on any atom is -0.435 e. The van der Waals surface area contributed by atoms with Crippen LogP contribution in [-0.4, -0.2) is 55.6 Å². The summed E-state index contributed by atoms with van der Waals surface area (Å²) in [6.07, 6.45) is 1.61. The molecular weight excluding hydrogens is 342 g/mol. The zero-order valence-corrected chi connectivity index (χ0v) is 14.4. The van der Waals surface area contributed by atoms with Crippen molar-refractivity contribution in [2.24, 2.45) is 0 Å². The third-order valence-corrected chi connectivity index (χ3v) is 4.17. The van der Waals surface area contributed by atoms with Crippen molar-refractivity contribution < 1.29 is 18.3 Å². The van der Waals surface area contributed by atoms with Crippen LogP contribution in [0.15, 0.2) is 42.6 Å². The molecular formula is C18H20F2N4O2. The van der Waals surface area contributed by atoms with Crippen LogP contribution < -0.4 is 15.0 Å². The summed E-state index contributed by atoms with van der Waals surface area (Å²) in [4.78, 5) is 21.1. The number of piperazine rings is 1. The van der Waals surface area contributed by atoms with Crippen molar-refractivity contribution in [3.05, 3.63) is 48.2 Å². The van der Waals surface area contributed by atoms with Gasteiger partial charge in [0.2, 0.25) is 0 Å². The number of nitrogens with zero attached hydrogens (tertiary/aromatic N) is 3. The number of carbonyl (C=O) groups is 1. The molecule has 8 heteroatoms. The highest BCUT2D eigenvalue weighted by Crippen LogP contribution is 2.18. The molecule has 0 atom stereocenters. The first-order valence-corrected chi connectivity index (χ1v) is 8.27.